The van der Waals surface area contributed by atoms with Gasteiger partial charge in [0.2, 0.25) is 11.1 Å². The normalized spacial score (nSPS) is 9.89. The first-order chi connectivity index (χ1) is 8.41. The molecule has 0 aliphatic carbocycles. The van der Waals surface area contributed by atoms with Crippen LogP contribution in [0.4, 0.5) is 16.3 Å². The molecular weight excluding hydrogens is 264 g/mol. The first-order valence-electron chi connectivity index (χ1n) is 4.87. The molecule has 1 heterocycles. The van der Waals surface area contributed by atoms with Crippen LogP contribution in [0.3, 0.4) is 0 Å². The first-order valence-corrected chi connectivity index (χ1v) is 5.25. The molecule has 0 unspecified atom stereocenters. The second kappa shape index (κ2) is 5.96. The third kappa shape index (κ3) is 3.70. The summed E-state index contributed by atoms with van der Waals surface area (Å²) in [5.41, 5.74) is 4.77. The van der Waals surface area contributed by atoms with E-state index in [1.165, 1.54) is 6.92 Å². The second-order valence-corrected chi connectivity index (χ2v) is 3.59. The summed E-state index contributed by atoms with van der Waals surface area (Å²) in [6.45, 7) is 1.88. The number of aryl methyl sites for hydroxylation is 1. The van der Waals surface area contributed by atoms with Crippen LogP contribution < -0.4 is 16.4 Å². The summed E-state index contributed by atoms with van der Waals surface area (Å²) >= 11 is 5.62. The highest BCUT2D eigenvalue weighted by atomic mass is 35.5. The van der Waals surface area contributed by atoms with Crippen molar-refractivity contribution in [1.82, 2.24) is 15.3 Å². The van der Waals surface area contributed by atoms with Gasteiger partial charge in [0, 0.05) is 13.1 Å². The molecule has 0 bridgehead atoms. The van der Waals surface area contributed by atoms with Gasteiger partial charge in [0.1, 0.15) is 5.69 Å². The zero-order valence-electron chi connectivity index (χ0n) is 9.44. The predicted octanol–water partition coefficient (Wildman–Crippen LogP) is 0.427. The van der Waals surface area contributed by atoms with Gasteiger partial charge >= 0.3 is 11.7 Å². The van der Waals surface area contributed by atoms with Crippen LogP contribution in [-0.4, -0.2) is 34.0 Å². The molecule has 18 heavy (non-hydrogen) atoms. The molecule has 4 N–H and O–H groups in total. The molecule has 0 aliphatic heterocycles. The molecule has 0 saturated heterocycles. The number of nitrogens with two attached hydrogens (primary N) is 1. The minimum Gasteiger partial charge on any atom is -0.362 e. The number of nitro groups is 1. The molecule has 0 atom stereocenters. The lowest BCUT2D eigenvalue weighted by Crippen LogP contribution is -2.33. The Morgan fingerprint density at radius 3 is 2.72 bits per heavy atom. The number of halogens is 1. The lowest BCUT2D eigenvalue weighted by atomic mass is 10.3. The van der Waals surface area contributed by atoms with Crippen LogP contribution in [-0.2, 0) is 0 Å². The lowest BCUT2D eigenvalue weighted by Gasteiger charge is -2.07. The van der Waals surface area contributed by atoms with Gasteiger partial charge in [-0.15, -0.1) is 0 Å². The van der Waals surface area contributed by atoms with Crippen molar-refractivity contribution in [3.63, 3.8) is 0 Å². The summed E-state index contributed by atoms with van der Waals surface area (Å²) in [6, 6.07) is -0.678. The zero-order chi connectivity index (χ0) is 13.7. The van der Waals surface area contributed by atoms with Crippen molar-refractivity contribution in [2.75, 3.05) is 18.4 Å². The molecule has 0 spiro atoms. The van der Waals surface area contributed by atoms with E-state index in [2.05, 4.69) is 20.6 Å². The van der Waals surface area contributed by atoms with E-state index in [9.17, 15) is 14.9 Å². The Morgan fingerprint density at radius 2 is 2.17 bits per heavy atom. The van der Waals surface area contributed by atoms with Crippen molar-refractivity contribution >= 4 is 29.1 Å². The van der Waals surface area contributed by atoms with Crippen molar-refractivity contribution in [1.29, 1.82) is 0 Å². The van der Waals surface area contributed by atoms with E-state index in [1.807, 2.05) is 0 Å². The molecule has 10 heteroatoms. The fourth-order valence-electron chi connectivity index (χ4n) is 1.24. The molecule has 0 radical (unpaired) electrons. The molecule has 0 fully saturated rings. The maximum atomic E-state index is 10.8. The largest absolute Gasteiger partial charge is 0.362 e. The van der Waals surface area contributed by atoms with Crippen LogP contribution in [0.5, 0.6) is 0 Å². The molecule has 1 aromatic rings. The average molecular weight is 275 g/mol. The van der Waals surface area contributed by atoms with Crippen molar-refractivity contribution in [2.45, 2.75) is 6.92 Å². The molecule has 1 rings (SSSR count). The van der Waals surface area contributed by atoms with E-state index in [4.69, 9.17) is 17.3 Å². The molecular formula is C8H11ClN6O3. The molecule has 2 amide bonds. The van der Waals surface area contributed by atoms with Gasteiger partial charge < -0.3 is 16.4 Å². The lowest BCUT2D eigenvalue weighted by molar-refractivity contribution is -0.385. The fraction of sp³-hybridized carbons (Fsp3) is 0.375. The van der Waals surface area contributed by atoms with Gasteiger partial charge in [-0.25, -0.2) is 9.78 Å². The predicted molar refractivity (Wildman–Crippen MR) is 64.5 cm³/mol. The van der Waals surface area contributed by atoms with Gasteiger partial charge in [-0.1, -0.05) is 0 Å². The van der Waals surface area contributed by atoms with Crippen LogP contribution >= 0.6 is 11.6 Å². The van der Waals surface area contributed by atoms with Crippen LogP contribution in [0.25, 0.3) is 0 Å². The van der Waals surface area contributed by atoms with Crippen molar-refractivity contribution in [3.05, 3.63) is 21.1 Å². The topological polar surface area (TPSA) is 136 Å². The number of carbonyl (C=O) groups is 1. The monoisotopic (exact) mass is 274 g/mol. The molecule has 0 aromatic carbocycles. The maximum Gasteiger partial charge on any atom is 0.332 e. The number of rotatable bonds is 5. The number of nitrogens with zero attached hydrogens (tertiary/aromatic N) is 3. The van der Waals surface area contributed by atoms with Gasteiger partial charge in [0.05, 0.1) is 4.92 Å². The van der Waals surface area contributed by atoms with E-state index < -0.39 is 11.0 Å². The second-order valence-electron chi connectivity index (χ2n) is 3.25. The maximum absolute atomic E-state index is 10.8. The minimum absolute atomic E-state index is 0.00349. The average Bonchev–Trinajstić information content (AvgIpc) is 2.22. The van der Waals surface area contributed by atoms with E-state index in [0.717, 1.165) is 0 Å². The van der Waals surface area contributed by atoms with E-state index in [1.54, 1.807) is 0 Å². The number of hydrogen-bond donors (Lipinski definition) is 3. The van der Waals surface area contributed by atoms with Crippen molar-refractivity contribution in [2.24, 2.45) is 5.73 Å². The summed E-state index contributed by atoms with van der Waals surface area (Å²) in [6.07, 6.45) is 0. The number of urea groups is 1. The first kappa shape index (κ1) is 13.9. The number of nitrogens with one attached hydrogen (secondary N) is 2. The molecule has 9 nitrogen and oxygen atoms in total. The Labute approximate surface area is 107 Å². The van der Waals surface area contributed by atoms with Crippen LogP contribution in [0, 0.1) is 17.0 Å². The Morgan fingerprint density at radius 1 is 1.50 bits per heavy atom. The van der Waals surface area contributed by atoms with Gasteiger partial charge in [-0.3, -0.25) is 10.1 Å². The smallest absolute Gasteiger partial charge is 0.332 e. The molecule has 1 aromatic heterocycles. The summed E-state index contributed by atoms with van der Waals surface area (Å²) in [5.74, 6) is 0.00349. The van der Waals surface area contributed by atoms with Gasteiger partial charge in [-0.2, -0.15) is 4.98 Å². The Kier molecular flexibility index (Phi) is 4.60. The third-order valence-corrected chi connectivity index (χ3v) is 2.10. The van der Waals surface area contributed by atoms with E-state index in [0.29, 0.717) is 0 Å². The molecule has 98 valence electrons. The zero-order valence-corrected chi connectivity index (χ0v) is 10.2. The fourth-order valence-corrected chi connectivity index (χ4v) is 1.45. The highest BCUT2D eigenvalue weighted by Crippen LogP contribution is 2.25. The Hall–Kier alpha value is -2.16. The Balaban J connectivity index is 2.80. The van der Waals surface area contributed by atoms with Gasteiger partial charge in [0.15, 0.2) is 0 Å². The SMILES string of the molecule is Cc1nc(Cl)nc(NCCNC(N)=O)c1[N+](=O)[O-]. The van der Waals surface area contributed by atoms with Gasteiger partial charge in [-0.05, 0) is 18.5 Å². The summed E-state index contributed by atoms with van der Waals surface area (Å²) in [7, 11) is 0. The quantitative estimate of drug-likeness (QED) is 0.308. The summed E-state index contributed by atoms with van der Waals surface area (Å²) in [5, 5.41) is 15.8. The number of carbonyl (C=O) groups excluding carboxylic acids is 1. The van der Waals surface area contributed by atoms with Crippen LogP contribution in [0.2, 0.25) is 5.28 Å². The summed E-state index contributed by atoms with van der Waals surface area (Å²) in [4.78, 5) is 28.1. The highest BCUT2D eigenvalue weighted by molar-refractivity contribution is 6.28. The number of aromatic nitrogens is 2. The minimum atomic E-state index is -0.678. The standard InChI is InChI=1S/C8H11ClN6O3/c1-4-5(15(17)18)6(14-7(9)13-4)11-2-3-12-8(10)16/h2-3H2,1H3,(H3,10,12,16)(H,11,13,14). The highest BCUT2D eigenvalue weighted by Gasteiger charge is 2.21. The molecule has 0 aliphatic rings. The molecule has 0 saturated carbocycles. The number of amides is 2. The van der Waals surface area contributed by atoms with Gasteiger partial charge in [0.25, 0.3) is 0 Å². The number of anilines is 1. The van der Waals surface area contributed by atoms with E-state index >= 15 is 0 Å². The van der Waals surface area contributed by atoms with Crippen LogP contribution in [0.15, 0.2) is 0 Å². The van der Waals surface area contributed by atoms with E-state index in [-0.39, 0.29) is 35.6 Å². The Bertz CT molecular complexity index is 480. The number of hydrogen-bond acceptors (Lipinski definition) is 6. The third-order valence-electron chi connectivity index (χ3n) is 1.93. The van der Waals surface area contributed by atoms with Crippen LogP contribution in [0.1, 0.15) is 5.69 Å². The van der Waals surface area contributed by atoms with Crippen molar-refractivity contribution in [3.8, 4) is 0 Å². The summed E-state index contributed by atoms with van der Waals surface area (Å²) < 4.78 is 0. The van der Waals surface area contributed by atoms with Crippen molar-refractivity contribution < 1.29 is 9.72 Å². The number of primary amides is 1.